The van der Waals surface area contributed by atoms with Crippen LogP contribution in [0.2, 0.25) is 0 Å². The normalized spacial score (nSPS) is 9.95. The summed E-state index contributed by atoms with van der Waals surface area (Å²) in [5.41, 5.74) is 7.02. The number of aliphatic imine (C=N–C) groups is 1. The Bertz CT molecular complexity index is 469. The maximum absolute atomic E-state index is 7.80. The zero-order valence-electron chi connectivity index (χ0n) is 13.7. The van der Waals surface area contributed by atoms with Crippen LogP contribution in [-0.2, 0) is 0 Å². The number of nitrogens with one attached hydrogen (secondary N) is 1. The minimum absolute atomic E-state index is 0.227. The molecule has 0 atom stereocenters. The maximum Gasteiger partial charge on any atom is 0.151 e. The monoisotopic (exact) mass is 293 g/mol. The molecule has 0 fully saturated rings. The van der Waals surface area contributed by atoms with E-state index in [1.807, 2.05) is 0 Å². The number of methoxy groups -OCH3 is 2. The predicted molar refractivity (Wildman–Crippen MR) is 90.4 cm³/mol. The highest BCUT2D eigenvalue weighted by Crippen LogP contribution is 2.31. The number of nitrogen functional groups attached to an aromatic ring is 1. The van der Waals surface area contributed by atoms with Gasteiger partial charge < -0.3 is 15.2 Å². The lowest BCUT2D eigenvalue weighted by Gasteiger charge is -2.12. The molecule has 0 bridgehead atoms. The molecule has 0 aliphatic heterocycles. The number of unbranched alkanes of at least 4 members (excludes halogenated alkanes) is 2. The molecule has 0 unspecified atom stereocenters. The molecule has 118 valence electrons. The largest absolute Gasteiger partial charge is 0.497 e. The smallest absolute Gasteiger partial charge is 0.151 e. The van der Waals surface area contributed by atoms with E-state index in [0.29, 0.717) is 22.7 Å². The van der Waals surface area contributed by atoms with Crippen molar-refractivity contribution in [1.29, 1.82) is 5.41 Å². The number of hydrogen-bond donors (Lipinski definition) is 2. The van der Waals surface area contributed by atoms with Crippen molar-refractivity contribution in [2.24, 2.45) is 4.99 Å². The highest BCUT2D eigenvalue weighted by molar-refractivity contribution is 6.37. The number of anilines is 1. The van der Waals surface area contributed by atoms with E-state index in [0.717, 1.165) is 0 Å². The summed E-state index contributed by atoms with van der Waals surface area (Å²) in [6.45, 7) is 4.42. The van der Waals surface area contributed by atoms with Gasteiger partial charge in [-0.25, -0.2) is 0 Å². The van der Waals surface area contributed by atoms with Crippen LogP contribution in [0.1, 0.15) is 38.7 Å². The fourth-order valence-corrected chi connectivity index (χ4v) is 1.72. The standard InChI is InChI=1S/C11H15N3O2.C5H12/c1-14-6-10(13)8-4-7(15-2)5-9(12)11(8)16-3;1-3-5-4-2/h4-6,13H,12H2,1-3H3;3-5H2,1-2H3. The molecule has 5 nitrogen and oxygen atoms in total. The van der Waals surface area contributed by atoms with Crippen LogP contribution in [0.5, 0.6) is 11.5 Å². The lowest BCUT2D eigenvalue weighted by molar-refractivity contribution is 0.404. The number of nitrogens with zero attached hydrogens (tertiary/aromatic N) is 1. The molecule has 0 saturated carbocycles. The van der Waals surface area contributed by atoms with Gasteiger partial charge >= 0.3 is 0 Å². The Morgan fingerprint density at radius 3 is 2.24 bits per heavy atom. The highest BCUT2D eigenvalue weighted by atomic mass is 16.5. The van der Waals surface area contributed by atoms with E-state index in [-0.39, 0.29) is 5.71 Å². The molecule has 0 heterocycles. The van der Waals surface area contributed by atoms with E-state index in [4.69, 9.17) is 20.6 Å². The summed E-state index contributed by atoms with van der Waals surface area (Å²) in [5.74, 6) is 1.05. The fourth-order valence-electron chi connectivity index (χ4n) is 1.72. The zero-order valence-corrected chi connectivity index (χ0v) is 13.7. The lowest BCUT2D eigenvalue weighted by atomic mass is 10.1. The second-order valence-corrected chi connectivity index (χ2v) is 4.45. The predicted octanol–water partition coefficient (Wildman–Crippen LogP) is 3.55. The summed E-state index contributed by atoms with van der Waals surface area (Å²) >= 11 is 0. The second-order valence-electron chi connectivity index (χ2n) is 4.45. The molecule has 0 amide bonds. The third-order valence-corrected chi connectivity index (χ3v) is 2.79. The average Bonchev–Trinajstić information content (AvgIpc) is 2.48. The van der Waals surface area contributed by atoms with Crippen LogP contribution in [0.3, 0.4) is 0 Å². The summed E-state index contributed by atoms with van der Waals surface area (Å²) < 4.78 is 10.2. The average molecular weight is 293 g/mol. The van der Waals surface area contributed by atoms with E-state index in [1.165, 1.54) is 32.6 Å². The molecule has 1 rings (SSSR count). The zero-order chi connectivity index (χ0) is 16.3. The lowest BCUT2D eigenvalue weighted by Crippen LogP contribution is -2.06. The van der Waals surface area contributed by atoms with Crippen LogP contribution in [0.15, 0.2) is 17.1 Å². The van der Waals surface area contributed by atoms with E-state index >= 15 is 0 Å². The Balaban J connectivity index is 0.000000690. The summed E-state index contributed by atoms with van der Waals surface area (Å²) in [5, 5.41) is 7.80. The number of ether oxygens (including phenoxy) is 2. The van der Waals surface area contributed by atoms with Crippen molar-refractivity contribution >= 4 is 17.6 Å². The Kier molecular flexibility index (Phi) is 9.67. The molecule has 0 spiro atoms. The van der Waals surface area contributed by atoms with Gasteiger partial charge in [-0.2, -0.15) is 0 Å². The van der Waals surface area contributed by atoms with Gasteiger partial charge in [0.05, 0.1) is 25.6 Å². The molecular formula is C16H27N3O2. The Hall–Kier alpha value is -2.04. The minimum Gasteiger partial charge on any atom is -0.497 e. The quantitative estimate of drug-likeness (QED) is 0.621. The van der Waals surface area contributed by atoms with Gasteiger partial charge in [-0.05, 0) is 6.07 Å². The first kappa shape index (κ1) is 19.0. The maximum atomic E-state index is 7.80. The molecule has 0 radical (unpaired) electrons. The third-order valence-electron chi connectivity index (χ3n) is 2.79. The van der Waals surface area contributed by atoms with Crippen LogP contribution >= 0.6 is 0 Å². The first-order valence-corrected chi connectivity index (χ1v) is 7.08. The number of hydrogen-bond acceptors (Lipinski definition) is 5. The Morgan fingerprint density at radius 1 is 1.24 bits per heavy atom. The summed E-state index contributed by atoms with van der Waals surface area (Å²) in [6.07, 6.45) is 5.50. The van der Waals surface area contributed by atoms with Gasteiger partial charge in [0.2, 0.25) is 0 Å². The fraction of sp³-hybridized carbons (Fsp3) is 0.500. The molecule has 0 saturated heterocycles. The molecule has 3 N–H and O–H groups in total. The van der Waals surface area contributed by atoms with Crippen molar-refractivity contribution in [1.82, 2.24) is 0 Å². The third kappa shape index (κ3) is 6.29. The van der Waals surface area contributed by atoms with E-state index in [1.54, 1.807) is 26.3 Å². The molecule has 0 aliphatic rings. The van der Waals surface area contributed by atoms with Crippen LogP contribution in [-0.4, -0.2) is 33.2 Å². The van der Waals surface area contributed by atoms with Gasteiger partial charge in [-0.3, -0.25) is 10.4 Å². The van der Waals surface area contributed by atoms with Crippen LogP contribution < -0.4 is 15.2 Å². The number of benzene rings is 1. The summed E-state index contributed by atoms with van der Waals surface area (Å²) in [4.78, 5) is 3.79. The van der Waals surface area contributed by atoms with Crippen LogP contribution in [0.25, 0.3) is 0 Å². The SMILES string of the molecule is CCCCC.CN=CC(=N)c1cc(OC)cc(N)c1OC. The first-order valence-electron chi connectivity index (χ1n) is 7.08. The highest BCUT2D eigenvalue weighted by Gasteiger charge is 2.12. The summed E-state index contributed by atoms with van der Waals surface area (Å²) in [6, 6.07) is 3.35. The second kappa shape index (κ2) is 10.7. The van der Waals surface area contributed by atoms with Crippen molar-refractivity contribution < 1.29 is 9.47 Å². The van der Waals surface area contributed by atoms with E-state index < -0.39 is 0 Å². The number of nitrogens with two attached hydrogens (primary N) is 1. The first-order chi connectivity index (χ1) is 10.0. The van der Waals surface area contributed by atoms with Crippen LogP contribution in [0.4, 0.5) is 5.69 Å². The topological polar surface area (TPSA) is 80.7 Å². The van der Waals surface area contributed by atoms with Crippen molar-refractivity contribution in [3.8, 4) is 11.5 Å². The summed E-state index contributed by atoms with van der Waals surface area (Å²) in [7, 11) is 4.66. The Labute approximate surface area is 127 Å². The van der Waals surface area contributed by atoms with E-state index in [2.05, 4.69) is 18.8 Å². The molecule has 21 heavy (non-hydrogen) atoms. The van der Waals surface area contributed by atoms with Gasteiger partial charge in [0.25, 0.3) is 0 Å². The van der Waals surface area contributed by atoms with Crippen molar-refractivity contribution in [2.75, 3.05) is 27.0 Å². The van der Waals surface area contributed by atoms with Crippen molar-refractivity contribution in [3.05, 3.63) is 17.7 Å². The minimum atomic E-state index is 0.227. The molecule has 0 aliphatic carbocycles. The molecule has 5 heteroatoms. The van der Waals surface area contributed by atoms with Gasteiger partial charge in [-0.15, -0.1) is 0 Å². The molecule has 0 aromatic heterocycles. The van der Waals surface area contributed by atoms with Gasteiger partial charge in [0.1, 0.15) is 5.75 Å². The molecular weight excluding hydrogens is 266 g/mol. The van der Waals surface area contributed by atoms with Crippen molar-refractivity contribution in [3.63, 3.8) is 0 Å². The molecule has 1 aromatic rings. The Morgan fingerprint density at radius 2 is 1.86 bits per heavy atom. The van der Waals surface area contributed by atoms with Crippen LogP contribution in [0, 0.1) is 5.41 Å². The van der Waals surface area contributed by atoms with Gasteiger partial charge in [-0.1, -0.05) is 33.1 Å². The molecule has 1 aromatic carbocycles. The van der Waals surface area contributed by atoms with Crippen molar-refractivity contribution in [2.45, 2.75) is 33.1 Å². The van der Waals surface area contributed by atoms with E-state index in [9.17, 15) is 0 Å². The van der Waals surface area contributed by atoms with Gasteiger partial charge in [0, 0.05) is 24.9 Å². The number of rotatable bonds is 6. The van der Waals surface area contributed by atoms with Gasteiger partial charge in [0.15, 0.2) is 5.75 Å².